The van der Waals surface area contributed by atoms with Crippen molar-refractivity contribution in [3.05, 3.63) is 45.6 Å². The van der Waals surface area contributed by atoms with Gasteiger partial charge < -0.3 is 10.2 Å². The molecule has 2 aliphatic heterocycles. The largest absolute Gasteiger partial charge is 0.373 e. The Morgan fingerprint density at radius 1 is 1.30 bits per heavy atom. The lowest BCUT2D eigenvalue weighted by Crippen LogP contribution is -2.45. The van der Waals surface area contributed by atoms with Crippen LogP contribution in [0.5, 0.6) is 0 Å². The van der Waals surface area contributed by atoms with E-state index in [1.54, 1.807) is 11.6 Å². The molecule has 3 heterocycles. The van der Waals surface area contributed by atoms with E-state index in [1.165, 1.54) is 15.8 Å². The van der Waals surface area contributed by atoms with Crippen LogP contribution >= 0.6 is 0 Å². The first-order chi connectivity index (χ1) is 13.0. The molecule has 1 amide bonds. The van der Waals surface area contributed by atoms with Crippen LogP contribution in [-0.4, -0.2) is 44.3 Å². The number of benzene rings is 1. The number of likely N-dealkylation sites (tertiary alicyclic amines) is 1. The number of hydrogen-bond donors (Lipinski definition) is 1. The molecule has 1 aromatic heterocycles. The van der Waals surface area contributed by atoms with Crippen molar-refractivity contribution < 1.29 is 4.79 Å². The lowest BCUT2D eigenvalue weighted by molar-refractivity contribution is -0.133. The van der Waals surface area contributed by atoms with Crippen molar-refractivity contribution in [2.75, 3.05) is 18.4 Å². The summed E-state index contributed by atoms with van der Waals surface area (Å²) in [5.41, 5.74) is 3.47. The molecular weight excluding hydrogens is 342 g/mol. The number of fused-ring (bicyclic) bond motifs is 1. The normalized spacial score (nSPS) is 19.8. The van der Waals surface area contributed by atoms with Crippen LogP contribution in [0.4, 0.5) is 5.69 Å². The molecule has 0 saturated carbocycles. The number of nitrogens with one attached hydrogen (secondary N) is 1. The number of amides is 1. The summed E-state index contributed by atoms with van der Waals surface area (Å²) in [5, 5.41) is 7.82. The van der Waals surface area contributed by atoms with Gasteiger partial charge in [0.25, 0.3) is 0 Å². The SMILES string of the molecule is CCn1c(C2CCN(C(=O)C3Cc4cc(C)ccc4N3)CC2)nn(C)c1=O. The second kappa shape index (κ2) is 6.87. The molecule has 0 radical (unpaired) electrons. The first-order valence-electron chi connectivity index (χ1n) is 9.76. The van der Waals surface area contributed by atoms with Crippen LogP contribution < -0.4 is 11.0 Å². The fourth-order valence-electron chi connectivity index (χ4n) is 4.34. The van der Waals surface area contributed by atoms with Gasteiger partial charge in [0.1, 0.15) is 11.9 Å². The zero-order valence-corrected chi connectivity index (χ0v) is 16.2. The van der Waals surface area contributed by atoms with Crippen molar-refractivity contribution in [2.45, 2.75) is 51.6 Å². The third-order valence-corrected chi connectivity index (χ3v) is 5.84. The number of anilines is 1. The van der Waals surface area contributed by atoms with E-state index in [1.807, 2.05) is 11.8 Å². The Morgan fingerprint density at radius 2 is 2.04 bits per heavy atom. The number of aromatic nitrogens is 3. The lowest BCUT2D eigenvalue weighted by atomic mass is 9.95. The zero-order valence-electron chi connectivity index (χ0n) is 16.2. The zero-order chi connectivity index (χ0) is 19.1. The quantitative estimate of drug-likeness (QED) is 0.893. The molecule has 1 N–H and O–H groups in total. The fraction of sp³-hybridized carbons (Fsp3) is 0.550. The van der Waals surface area contributed by atoms with E-state index >= 15 is 0 Å². The number of carbonyl (C=O) groups is 1. The Bertz CT molecular complexity index is 921. The lowest BCUT2D eigenvalue weighted by Gasteiger charge is -2.33. The Kier molecular flexibility index (Phi) is 4.53. The van der Waals surface area contributed by atoms with E-state index in [0.717, 1.165) is 30.8 Å². The molecular formula is C20H27N5O2. The molecule has 2 aliphatic rings. The smallest absolute Gasteiger partial charge is 0.345 e. The van der Waals surface area contributed by atoms with Gasteiger partial charge in [0.15, 0.2) is 0 Å². The van der Waals surface area contributed by atoms with E-state index in [9.17, 15) is 9.59 Å². The average Bonchev–Trinajstić information content (AvgIpc) is 3.22. The third kappa shape index (κ3) is 3.15. The van der Waals surface area contributed by atoms with E-state index in [4.69, 9.17) is 0 Å². The molecule has 0 aliphatic carbocycles. The van der Waals surface area contributed by atoms with Crippen molar-refractivity contribution >= 4 is 11.6 Å². The number of hydrogen-bond acceptors (Lipinski definition) is 4. The van der Waals surface area contributed by atoms with Crippen LogP contribution in [0, 0.1) is 6.92 Å². The topological polar surface area (TPSA) is 72.2 Å². The van der Waals surface area contributed by atoms with Crippen LogP contribution in [0.25, 0.3) is 0 Å². The highest BCUT2D eigenvalue weighted by molar-refractivity contribution is 5.87. The Hall–Kier alpha value is -2.57. The molecule has 27 heavy (non-hydrogen) atoms. The maximum Gasteiger partial charge on any atom is 0.345 e. The number of aryl methyl sites for hydroxylation is 2. The van der Waals surface area contributed by atoms with E-state index in [0.29, 0.717) is 19.6 Å². The van der Waals surface area contributed by atoms with Crippen molar-refractivity contribution in [1.29, 1.82) is 0 Å². The molecule has 7 heteroatoms. The number of carbonyl (C=O) groups excluding carboxylic acids is 1. The van der Waals surface area contributed by atoms with Gasteiger partial charge in [-0.1, -0.05) is 17.7 Å². The molecule has 1 fully saturated rings. The maximum absolute atomic E-state index is 13.0. The van der Waals surface area contributed by atoms with Gasteiger partial charge in [-0.05, 0) is 38.3 Å². The predicted octanol–water partition coefficient (Wildman–Crippen LogP) is 1.65. The minimum absolute atomic E-state index is 0.0609. The van der Waals surface area contributed by atoms with Gasteiger partial charge in [0, 0.05) is 44.7 Å². The highest BCUT2D eigenvalue weighted by Gasteiger charge is 2.33. The second-order valence-electron chi connectivity index (χ2n) is 7.67. The highest BCUT2D eigenvalue weighted by atomic mass is 16.2. The molecule has 2 aromatic rings. The Balaban J connectivity index is 1.41. The van der Waals surface area contributed by atoms with Crippen LogP contribution in [-0.2, 0) is 24.8 Å². The fourth-order valence-corrected chi connectivity index (χ4v) is 4.34. The minimum atomic E-state index is -0.165. The summed E-state index contributed by atoms with van der Waals surface area (Å²) in [4.78, 5) is 27.1. The van der Waals surface area contributed by atoms with E-state index < -0.39 is 0 Å². The van der Waals surface area contributed by atoms with E-state index in [2.05, 4.69) is 35.5 Å². The van der Waals surface area contributed by atoms with Gasteiger partial charge in [-0.3, -0.25) is 9.36 Å². The van der Waals surface area contributed by atoms with Gasteiger partial charge >= 0.3 is 5.69 Å². The summed E-state index contributed by atoms with van der Waals surface area (Å²) in [6.07, 6.45) is 2.45. The first kappa shape index (κ1) is 17.8. The number of nitrogens with zero attached hydrogens (tertiary/aromatic N) is 4. The van der Waals surface area contributed by atoms with Crippen molar-refractivity contribution in [3.63, 3.8) is 0 Å². The maximum atomic E-state index is 13.0. The van der Waals surface area contributed by atoms with E-state index in [-0.39, 0.29) is 23.6 Å². The standard InChI is InChI=1S/C20H27N5O2/c1-4-25-18(22-23(3)20(25)27)14-7-9-24(10-8-14)19(26)17-12-15-11-13(2)5-6-16(15)21-17/h5-6,11,14,17,21H,4,7-10,12H2,1-3H3. The first-order valence-corrected chi connectivity index (χ1v) is 9.76. The molecule has 1 saturated heterocycles. The number of piperidine rings is 1. The molecule has 0 bridgehead atoms. The summed E-state index contributed by atoms with van der Waals surface area (Å²) in [7, 11) is 1.70. The third-order valence-electron chi connectivity index (χ3n) is 5.84. The molecule has 1 aromatic carbocycles. The van der Waals surface area contributed by atoms with Gasteiger partial charge in [0.05, 0.1) is 0 Å². The molecule has 4 rings (SSSR count). The highest BCUT2D eigenvalue weighted by Crippen LogP contribution is 2.30. The summed E-state index contributed by atoms with van der Waals surface area (Å²) in [5.74, 6) is 1.27. The van der Waals surface area contributed by atoms with Crippen molar-refractivity contribution in [2.24, 2.45) is 7.05 Å². The minimum Gasteiger partial charge on any atom is -0.373 e. The van der Waals surface area contributed by atoms with Gasteiger partial charge in [0.2, 0.25) is 5.91 Å². The molecule has 1 atom stereocenters. The van der Waals surface area contributed by atoms with Gasteiger partial charge in [-0.2, -0.15) is 5.10 Å². The summed E-state index contributed by atoms with van der Waals surface area (Å²) >= 11 is 0. The molecule has 7 nitrogen and oxygen atoms in total. The van der Waals surface area contributed by atoms with Crippen LogP contribution in [0.3, 0.4) is 0 Å². The van der Waals surface area contributed by atoms with Gasteiger partial charge in [-0.15, -0.1) is 0 Å². The molecule has 144 valence electrons. The van der Waals surface area contributed by atoms with Gasteiger partial charge in [-0.25, -0.2) is 9.48 Å². The average molecular weight is 369 g/mol. The summed E-state index contributed by atoms with van der Waals surface area (Å²) in [6, 6.07) is 6.13. The number of rotatable bonds is 3. The van der Waals surface area contributed by atoms with Crippen molar-refractivity contribution in [1.82, 2.24) is 19.2 Å². The molecule has 1 unspecified atom stereocenters. The Labute approximate surface area is 159 Å². The predicted molar refractivity (Wildman–Crippen MR) is 104 cm³/mol. The monoisotopic (exact) mass is 369 g/mol. The molecule has 0 spiro atoms. The Morgan fingerprint density at radius 3 is 2.74 bits per heavy atom. The second-order valence-corrected chi connectivity index (χ2v) is 7.67. The van der Waals surface area contributed by atoms with Crippen LogP contribution in [0.1, 0.15) is 42.6 Å². The summed E-state index contributed by atoms with van der Waals surface area (Å²) < 4.78 is 3.16. The van der Waals surface area contributed by atoms with Crippen LogP contribution in [0.2, 0.25) is 0 Å². The van der Waals surface area contributed by atoms with Crippen LogP contribution in [0.15, 0.2) is 23.0 Å². The summed E-state index contributed by atoms with van der Waals surface area (Å²) in [6.45, 7) is 6.10. The van der Waals surface area contributed by atoms with Crippen molar-refractivity contribution in [3.8, 4) is 0 Å².